The van der Waals surface area contributed by atoms with Crippen molar-refractivity contribution < 1.29 is 9.53 Å². The van der Waals surface area contributed by atoms with E-state index in [1.807, 2.05) is 13.0 Å². The van der Waals surface area contributed by atoms with Crippen molar-refractivity contribution in [3.8, 4) is 0 Å². The molecule has 0 aliphatic heterocycles. The Balaban J connectivity index is 0.00000361. The summed E-state index contributed by atoms with van der Waals surface area (Å²) in [7, 11) is 0. The molecule has 0 heterocycles. The number of ether oxygens (including phenoxy) is 1. The average molecular weight is 301 g/mol. The van der Waals surface area contributed by atoms with Crippen molar-refractivity contribution >= 4 is 24.0 Å². The molecule has 4 nitrogen and oxygen atoms in total. The van der Waals surface area contributed by atoms with Crippen LogP contribution in [0.1, 0.15) is 42.1 Å². The number of hydrogen-bond acceptors (Lipinski definition) is 3. The minimum absolute atomic E-state index is 0. The lowest BCUT2D eigenvalue weighted by Gasteiger charge is -2.08. The molecule has 1 rings (SSSR count). The normalized spacial score (nSPS) is 9.90. The van der Waals surface area contributed by atoms with Crippen molar-refractivity contribution in [1.82, 2.24) is 5.32 Å². The van der Waals surface area contributed by atoms with Crippen LogP contribution in [0, 0.1) is 6.92 Å². The number of nitrogens with two attached hydrogens (primary N) is 1. The molecule has 0 spiro atoms. The van der Waals surface area contributed by atoms with Crippen molar-refractivity contribution in [3.05, 3.63) is 29.3 Å². The Hall–Kier alpha value is -1.26. The average Bonchev–Trinajstić information content (AvgIpc) is 2.40. The second kappa shape index (κ2) is 10.5. The van der Waals surface area contributed by atoms with E-state index in [1.165, 1.54) is 0 Å². The smallest absolute Gasteiger partial charge is 0.251 e. The minimum atomic E-state index is -0.0710. The molecule has 1 aromatic carbocycles. The number of nitrogens with one attached hydrogen (secondary N) is 1. The molecule has 0 radical (unpaired) electrons. The number of hydrogen-bond donors (Lipinski definition) is 2. The fraction of sp³-hybridized carbons (Fsp3) is 0.533. The summed E-state index contributed by atoms with van der Waals surface area (Å²) in [5.74, 6) is -0.0710. The number of nitrogen functional groups attached to an aromatic ring is 1. The van der Waals surface area contributed by atoms with Gasteiger partial charge in [0.1, 0.15) is 0 Å². The molecule has 0 unspecified atom stereocenters. The number of unbranched alkanes of at least 4 members (excludes halogenated alkanes) is 1. The molecule has 0 saturated heterocycles. The maximum atomic E-state index is 11.9. The molecule has 0 fully saturated rings. The van der Waals surface area contributed by atoms with Gasteiger partial charge >= 0.3 is 0 Å². The van der Waals surface area contributed by atoms with Gasteiger partial charge in [0.2, 0.25) is 0 Å². The quantitative estimate of drug-likeness (QED) is 0.573. The summed E-state index contributed by atoms with van der Waals surface area (Å²) in [6.07, 6.45) is 3.07. The highest BCUT2D eigenvalue weighted by Crippen LogP contribution is 2.12. The molecular formula is C15H25ClN2O2. The molecule has 20 heavy (non-hydrogen) atoms. The lowest BCUT2D eigenvalue weighted by Crippen LogP contribution is -2.26. The van der Waals surface area contributed by atoms with Crippen LogP contribution < -0.4 is 11.1 Å². The fourth-order valence-electron chi connectivity index (χ4n) is 1.70. The number of carbonyl (C=O) groups excluding carboxylic acids is 1. The van der Waals surface area contributed by atoms with Crippen LogP contribution >= 0.6 is 12.4 Å². The summed E-state index contributed by atoms with van der Waals surface area (Å²) >= 11 is 0. The van der Waals surface area contributed by atoms with E-state index in [0.29, 0.717) is 24.4 Å². The summed E-state index contributed by atoms with van der Waals surface area (Å²) < 4.78 is 5.43. The number of benzene rings is 1. The topological polar surface area (TPSA) is 64.3 Å². The molecular weight excluding hydrogens is 276 g/mol. The van der Waals surface area contributed by atoms with Gasteiger partial charge in [-0.05, 0) is 37.5 Å². The number of amides is 1. The van der Waals surface area contributed by atoms with Crippen molar-refractivity contribution in [2.45, 2.75) is 33.1 Å². The molecule has 0 saturated carbocycles. The van der Waals surface area contributed by atoms with Crippen LogP contribution in [-0.4, -0.2) is 25.7 Å². The van der Waals surface area contributed by atoms with Crippen molar-refractivity contribution in [2.75, 3.05) is 25.5 Å². The zero-order valence-electron chi connectivity index (χ0n) is 12.3. The third-order valence-corrected chi connectivity index (χ3v) is 2.90. The summed E-state index contributed by atoms with van der Waals surface area (Å²) in [6, 6.07) is 5.37. The standard InChI is InChI=1S/C15H24N2O2.ClH/c1-3-4-9-19-10-5-8-17-15(18)14-11-13(16)7-6-12(14)2;/h6-7,11H,3-5,8-10,16H2,1-2H3,(H,17,18);1H. The first kappa shape index (κ1) is 18.7. The molecule has 0 atom stereocenters. The predicted octanol–water partition coefficient (Wildman–Crippen LogP) is 2.94. The van der Waals surface area contributed by atoms with Gasteiger partial charge in [-0.3, -0.25) is 4.79 Å². The van der Waals surface area contributed by atoms with Crippen LogP contribution in [0.2, 0.25) is 0 Å². The van der Waals surface area contributed by atoms with Gasteiger partial charge in [0.25, 0.3) is 5.91 Å². The molecule has 1 amide bonds. The maximum absolute atomic E-state index is 11.9. The molecule has 0 aromatic heterocycles. The molecule has 3 N–H and O–H groups in total. The number of aryl methyl sites for hydroxylation is 1. The van der Waals surface area contributed by atoms with Crippen LogP contribution in [-0.2, 0) is 4.74 Å². The number of anilines is 1. The van der Waals surface area contributed by atoms with Crippen LogP contribution in [0.5, 0.6) is 0 Å². The van der Waals surface area contributed by atoms with Crippen LogP contribution in [0.4, 0.5) is 5.69 Å². The number of halogens is 1. The third-order valence-electron chi connectivity index (χ3n) is 2.90. The monoisotopic (exact) mass is 300 g/mol. The maximum Gasteiger partial charge on any atom is 0.251 e. The first-order valence-electron chi connectivity index (χ1n) is 6.87. The first-order chi connectivity index (χ1) is 9.15. The minimum Gasteiger partial charge on any atom is -0.399 e. The molecule has 1 aromatic rings. The zero-order valence-corrected chi connectivity index (χ0v) is 13.1. The predicted molar refractivity (Wildman–Crippen MR) is 85.5 cm³/mol. The lowest BCUT2D eigenvalue weighted by molar-refractivity contribution is 0.0940. The van der Waals surface area contributed by atoms with Gasteiger partial charge in [-0.15, -0.1) is 12.4 Å². The second-order valence-electron chi connectivity index (χ2n) is 4.65. The van der Waals surface area contributed by atoms with E-state index in [-0.39, 0.29) is 18.3 Å². The molecule has 114 valence electrons. The lowest BCUT2D eigenvalue weighted by atomic mass is 10.1. The van der Waals surface area contributed by atoms with E-state index in [0.717, 1.165) is 31.4 Å². The van der Waals surface area contributed by atoms with E-state index in [4.69, 9.17) is 10.5 Å². The van der Waals surface area contributed by atoms with Crippen LogP contribution in [0.25, 0.3) is 0 Å². The Kier molecular flexibility index (Phi) is 9.86. The Bertz CT molecular complexity index is 411. The Morgan fingerprint density at radius 1 is 1.30 bits per heavy atom. The van der Waals surface area contributed by atoms with Crippen molar-refractivity contribution in [2.24, 2.45) is 0 Å². The van der Waals surface area contributed by atoms with Gasteiger partial charge in [-0.1, -0.05) is 19.4 Å². The molecule has 0 bridgehead atoms. The highest BCUT2D eigenvalue weighted by atomic mass is 35.5. The van der Waals surface area contributed by atoms with E-state index in [2.05, 4.69) is 12.2 Å². The van der Waals surface area contributed by atoms with Crippen molar-refractivity contribution in [3.63, 3.8) is 0 Å². The Morgan fingerprint density at radius 3 is 2.70 bits per heavy atom. The van der Waals surface area contributed by atoms with Crippen LogP contribution in [0.15, 0.2) is 18.2 Å². The van der Waals surface area contributed by atoms with Gasteiger partial charge in [-0.2, -0.15) is 0 Å². The molecule has 0 aliphatic carbocycles. The van der Waals surface area contributed by atoms with E-state index in [9.17, 15) is 4.79 Å². The summed E-state index contributed by atoms with van der Waals surface area (Å²) in [5.41, 5.74) is 7.88. The number of carbonyl (C=O) groups is 1. The van der Waals surface area contributed by atoms with Gasteiger partial charge in [0, 0.05) is 31.0 Å². The molecule has 0 aliphatic rings. The molecule has 5 heteroatoms. The zero-order chi connectivity index (χ0) is 14.1. The third kappa shape index (κ3) is 6.78. The summed E-state index contributed by atoms with van der Waals surface area (Å²) in [5, 5.41) is 2.88. The van der Waals surface area contributed by atoms with Gasteiger partial charge in [-0.25, -0.2) is 0 Å². The van der Waals surface area contributed by atoms with E-state index < -0.39 is 0 Å². The van der Waals surface area contributed by atoms with Gasteiger partial charge in [0.15, 0.2) is 0 Å². The highest BCUT2D eigenvalue weighted by molar-refractivity contribution is 5.96. The van der Waals surface area contributed by atoms with E-state index in [1.54, 1.807) is 12.1 Å². The Morgan fingerprint density at radius 2 is 2.00 bits per heavy atom. The first-order valence-corrected chi connectivity index (χ1v) is 6.87. The number of rotatable bonds is 8. The van der Waals surface area contributed by atoms with E-state index >= 15 is 0 Å². The summed E-state index contributed by atoms with van der Waals surface area (Å²) in [6.45, 7) is 6.16. The largest absolute Gasteiger partial charge is 0.399 e. The van der Waals surface area contributed by atoms with Gasteiger partial charge < -0.3 is 15.8 Å². The van der Waals surface area contributed by atoms with Crippen molar-refractivity contribution in [1.29, 1.82) is 0 Å². The van der Waals surface area contributed by atoms with Gasteiger partial charge in [0.05, 0.1) is 0 Å². The van der Waals surface area contributed by atoms with Crippen LogP contribution in [0.3, 0.4) is 0 Å². The second-order valence-corrected chi connectivity index (χ2v) is 4.65. The fourth-order valence-corrected chi connectivity index (χ4v) is 1.70. The Labute approximate surface area is 127 Å². The highest BCUT2D eigenvalue weighted by Gasteiger charge is 2.08. The SMILES string of the molecule is CCCCOCCCNC(=O)c1cc(N)ccc1C.Cl. The summed E-state index contributed by atoms with van der Waals surface area (Å²) in [4.78, 5) is 11.9.